The lowest BCUT2D eigenvalue weighted by molar-refractivity contribution is 0.991. The van der Waals surface area contributed by atoms with Crippen LogP contribution in [0.5, 0.6) is 0 Å². The highest BCUT2D eigenvalue weighted by Gasteiger charge is 2.11. The van der Waals surface area contributed by atoms with Crippen LogP contribution in [0, 0.1) is 0 Å². The summed E-state index contributed by atoms with van der Waals surface area (Å²) in [5, 5.41) is 1.88. The SMILES string of the molecule is Clc1ccc(-c2cc(C3=NCCC=C3)nc3ccccc23)cc1. The highest BCUT2D eigenvalue weighted by Crippen LogP contribution is 2.30. The van der Waals surface area contributed by atoms with Crippen LogP contribution in [0.25, 0.3) is 22.0 Å². The molecule has 0 saturated carbocycles. The van der Waals surface area contributed by atoms with Gasteiger partial charge in [-0.05, 0) is 47.9 Å². The van der Waals surface area contributed by atoms with Crippen molar-refractivity contribution in [1.29, 1.82) is 0 Å². The Morgan fingerprint density at radius 2 is 1.78 bits per heavy atom. The topological polar surface area (TPSA) is 25.2 Å². The van der Waals surface area contributed by atoms with Gasteiger partial charge in [0, 0.05) is 17.0 Å². The Hall–Kier alpha value is -2.45. The Bertz CT molecular complexity index is 924. The normalized spacial score (nSPS) is 14.0. The van der Waals surface area contributed by atoms with Crippen LogP contribution in [-0.4, -0.2) is 17.2 Å². The van der Waals surface area contributed by atoms with Crippen molar-refractivity contribution < 1.29 is 0 Å². The maximum atomic E-state index is 6.03. The number of nitrogens with zero attached hydrogens (tertiary/aromatic N) is 2. The van der Waals surface area contributed by atoms with Gasteiger partial charge in [-0.2, -0.15) is 0 Å². The number of benzene rings is 2. The van der Waals surface area contributed by atoms with Gasteiger partial charge in [-0.25, -0.2) is 4.98 Å². The maximum absolute atomic E-state index is 6.03. The van der Waals surface area contributed by atoms with Crippen LogP contribution in [0.4, 0.5) is 0 Å². The second-order valence-electron chi connectivity index (χ2n) is 5.54. The van der Waals surface area contributed by atoms with E-state index in [4.69, 9.17) is 16.6 Å². The van der Waals surface area contributed by atoms with E-state index in [9.17, 15) is 0 Å². The molecule has 0 amide bonds. The van der Waals surface area contributed by atoms with Gasteiger partial charge in [0.1, 0.15) is 0 Å². The lowest BCUT2D eigenvalue weighted by Gasteiger charge is -2.12. The monoisotopic (exact) mass is 318 g/mol. The first kappa shape index (κ1) is 14.2. The zero-order valence-electron chi connectivity index (χ0n) is 12.5. The number of aliphatic imine (C=N–C) groups is 1. The number of fused-ring (bicyclic) bond motifs is 1. The van der Waals surface area contributed by atoms with Crippen LogP contribution >= 0.6 is 11.6 Å². The van der Waals surface area contributed by atoms with Crippen molar-refractivity contribution in [3.63, 3.8) is 0 Å². The molecule has 0 spiro atoms. The number of rotatable bonds is 2. The summed E-state index contributed by atoms with van der Waals surface area (Å²) in [5.41, 5.74) is 5.15. The quantitative estimate of drug-likeness (QED) is 0.629. The summed E-state index contributed by atoms with van der Waals surface area (Å²) >= 11 is 6.03. The zero-order chi connectivity index (χ0) is 15.6. The van der Waals surface area contributed by atoms with Crippen molar-refractivity contribution in [2.75, 3.05) is 6.54 Å². The minimum Gasteiger partial charge on any atom is -0.283 e. The Kier molecular flexibility index (Phi) is 3.68. The van der Waals surface area contributed by atoms with Gasteiger partial charge in [0.25, 0.3) is 0 Å². The summed E-state index contributed by atoms with van der Waals surface area (Å²) in [5.74, 6) is 0. The van der Waals surface area contributed by atoms with E-state index in [-0.39, 0.29) is 0 Å². The van der Waals surface area contributed by atoms with Crippen molar-refractivity contribution in [2.45, 2.75) is 6.42 Å². The molecule has 23 heavy (non-hydrogen) atoms. The molecular formula is C20H15ClN2. The molecule has 3 aromatic rings. The van der Waals surface area contributed by atoms with Crippen LogP contribution in [0.3, 0.4) is 0 Å². The molecule has 0 saturated heterocycles. The number of allylic oxidation sites excluding steroid dienone is 1. The number of halogens is 1. The van der Waals surface area contributed by atoms with Gasteiger partial charge in [-0.3, -0.25) is 4.99 Å². The third-order valence-corrected chi connectivity index (χ3v) is 4.24. The van der Waals surface area contributed by atoms with Crippen molar-refractivity contribution in [1.82, 2.24) is 4.98 Å². The predicted octanol–water partition coefficient (Wildman–Crippen LogP) is 5.30. The smallest absolute Gasteiger partial charge is 0.0895 e. The third kappa shape index (κ3) is 2.78. The highest BCUT2D eigenvalue weighted by atomic mass is 35.5. The van der Waals surface area contributed by atoms with Crippen molar-refractivity contribution in [2.24, 2.45) is 4.99 Å². The Morgan fingerprint density at radius 3 is 2.57 bits per heavy atom. The molecule has 1 aliphatic heterocycles. The first-order valence-electron chi connectivity index (χ1n) is 7.68. The second-order valence-corrected chi connectivity index (χ2v) is 5.97. The summed E-state index contributed by atoms with van der Waals surface area (Å²) in [7, 11) is 0. The van der Waals surface area contributed by atoms with Crippen LogP contribution in [-0.2, 0) is 0 Å². The van der Waals surface area contributed by atoms with E-state index in [0.717, 1.165) is 51.4 Å². The second kappa shape index (κ2) is 5.98. The fourth-order valence-electron chi connectivity index (χ4n) is 2.85. The third-order valence-electron chi connectivity index (χ3n) is 3.99. The minimum absolute atomic E-state index is 0.743. The van der Waals surface area contributed by atoms with Crippen LogP contribution in [0.15, 0.2) is 71.7 Å². The Morgan fingerprint density at radius 1 is 0.957 bits per heavy atom. The number of hydrogen-bond donors (Lipinski definition) is 0. The Balaban J connectivity index is 1.95. The van der Waals surface area contributed by atoms with E-state index in [2.05, 4.69) is 29.3 Å². The van der Waals surface area contributed by atoms with Gasteiger partial charge in [0.2, 0.25) is 0 Å². The van der Waals surface area contributed by atoms with E-state index in [1.807, 2.05) is 42.5 Å². The average Bonchev–Trinajstić information content (AvgIpc) is 2.62. The summed E-state index contributed by atoms with van der Waals surface area (Å²) in [4.78, 5) is 9.40. The number of para-hydroxylation sites is 1. The molecule has 0 fully saturated rings. The summed E-state index contributed by atoms with van der Waals surface area (Å²) < 4.78 is 0. The van der Waals surface area contributed by atoms with E-state index in [1.165, 1.54) is 0 Å². The van der Waals surface area contributed by atoms with Crippen LogP contribution in [0.2, 0.25) is 5.02 Å². The van der Waals surface area contributed by atoms with Gasteiger partial charge in [-0.1, -0.05) is 48.0 Å². The molecule has 2 nitrogen and oxygen atoms in total. The van der Waals surface area contributed by atoms with Crippen molar-refractivity contribution in [3.05, 3.63) is 77.5 Å². The van der Waals surface area contributed by atoms with E-state index < -0.39 is 0 Å². The summed E-state index contributed by atoms with van der Waals surface area (Å²) in [6.45, 7) is 0.830. The highest BCUT2D eigenvalue weighted by molar-refractivity contribution is 6.30. The summed E-state index contributed by atoms with van der Waals surface area (Å²) in [6, 6.07) is 18.3. The minimum atomic E-state index is 0.743. The standard InChI is InChI=1S/C20H15ClN2/c21-15-10-8-14(9-11-15)17-13-20(19-7-3-4-12-22-19)23-18-6-2-1-5-16(17)18/h1-3,5-11,13H,4,12H2. The molecule has 0 atom stereocenters. The zero-order valence-corrected chi connectivity index (χ0v) is 13.3. The van der Waals surface area contributed by atoms with Gasteiger partial charge in [-0.15, -0.1) is 0 Å². The number of hydrogen-bond acceptors (Lipinski definition) is 2. The first-order valence-corrected chi connectivity index (χ1v) is 8.06. The fourth-order valence-corrected chi connectivity index (χ4v) is 2.97. The van der Waals surface area contributed by atoms with E-state index >= 15 is 0 Å². The van der Waals surface area contributed by atoms with Crippen molar-refractivity contribution >= 4 is 28.2 Å². The molecule has 1 aromatic heterocycles. The van der Waals surface area contributed by atoms with Crippen LogP contribution < -0.4 is 0 Å². The van der Waals surface area contributed by atoms with Crippen molar-refractivity contribution in [3.8, 4) is 11.1 Å². The molecular weight excluding hydrogens is 304 g/mol. The molecule has 0 bridgehead atoms. The van der Waals surface area contributed by atoms with Gasteiger partial charge in [0.05, 0.1) is 16.9 Å². The first-order chi connectivity index (χ1) is 11.3. The van der Waals surface area contributed by atoms with E-state index in [1.54, 1.807) is 0 Å². The average molecular weight is 319 g/mol. The van der Waals surface area contributed by atoms with Gasteiger partial charge >= 0.3 is 0 Å². The number of aromatic nitrogens is 1. The molecule has 112 valence electrons. The van der Waals surface area contributed by atoms with Crippen LogP contribution in [0.1, 0.15) is 12.1 Å². The molecule has 4 rings (SSSR count). The molecule has 0 radical (unpaired) electrons. The predicted molar refractivity (Wildman–Crippen MR) is 97.4 cm³/mol. The molecule has 2 aromatic carbocycles. The van der Waals surface area contributed by atoms with Gasteiger partial charge in [0.15, 0.2) is 0 Å². The number of pyridine rings is 1. The molecule has 0 aliphatic carbocycles. The van der Waals surface area contributed by atoms with Gasteiger partial charge < -0.3 is 0 Å². The molecule has 1 aliphatic rings. The molecule has 0 N–H and O–H groups in total. The Labute approximate surface area is 140 Å². The number of dihydropyridines is 1. The largest absolute Gasteiger partial charge is 0.283 e. The lowest BCUT2D eigenvalue weighted by Crippen LogP contribution is -2.05. The molecule has 0 unspecified atom stereocenters. The summed E-state index contributed by atoms with van der Waals surface area (Å²) in [6.07, 6.45) is 5.22. The maximum Gasteiger partial charge on any atom is 0.0895 e. The molecule has 2 heterocycles. The fraction of sp³-hybridized carbons (Fsp3) is 0.100. The molecule has 3 heteroatoms. The van der Waals surface area contributed by atoms with E-state index in [0.29, 0.717) is 0 Å². The lowest BCUT2D eigenvalue weighted by atomic mass is 9.99.